The molecule has 7 nitrogen and oxygen atoms in total. The molecule has 5 N–H and O–H groups in total. The largest absolute Gasteiger partial charge is 0.392 e. The summed E-state index contributed by atoms with van der Waals surface area (Å²) in [7, 11) is 0. The molecule has 0 bridgehead atoms. The maximum Gasteiger partial charge on any atom is 0.277 e. The molecule has 0 unspecified atom stereocenters. The molecular formula is C8H11N5O2. The molecule has 0 radical (unpaired) electrons. The summed E-state index contributed by atoms with van der Waals surface area (Å²) in [5, 5.41) is 11.5. The number of rotatable bonds is 2. The minimum atomic E-state index is -0.294. The number of anilines is 3. The van der Waals surface area contributed by atoms with Gasteiger partial charge in [-0.25, -0.2) is 0 Å². The van der Waals surface area contributed by atoms with Gasteiger partial charge in [-0.05, 0) is 6.08 Å². The van der Waals surface area contributed by atoms with E-state index in [1.807, 2.05) is 0 Å². The molecule has 0 saturated heterocycles. The molecule has 2 heterocycles. The molecule has 7 heteroatoms. The van der Waals surface area contributed by atoms with Gasteiger partial charge in [-0.15, -0.1) is 0 Å². The molecule has 15 heavy (non-hydrogen) atoms. The predicted octanol–water partition coefficient (Wildman–Crippen LogP) is -0.953. The van der Waals surface area contributed by atoms with Crippen molar-refractivity contribution in [3.05, 3.63) is 22.6 Å². The molecule has 0 atom stereocenters. The Labute approximate surface area is 85.2 Å². The average Bonchev–Trinajstić information content (AvgIpc) is 2.58. The van der Waals surface area contributed by atoms with Crippen LogP contribution in [0.15, 0.2) is 17.1 Å². The van der Waals surface area contributed by atoms with Crippen LogP contribution in [0.3, 0.4) is 0 Å². The quantitative estimate of drug-likeness (QED) is 0.500. The van der Waals surface area contributed by atoms with Crippen molar-refractivity contribution in [3.63, 3.8) is 0 Å². The molecule has 80 valence electrons. The van der Waals surface area contributed by atoms with Gasteiger partial charge in [0.05, 0.1) is 13.3 Å². The van der Waals surface area contributed by atoms with Crippen LogP contribution in [-0.2, 0) is 0 Å². The van der Waals surface area contributed by atoms with Crippen molar-refractivity contribution >= 4 is 17.5 Å². The monoisotopic (exact) mass is 209 g/mol. The van der Waals surface area contributed by atoms with Crippen LogP contribution in [0.5, 0.6) is 0 Å². The molecular weight excluding hydrogens is 198 g/mol. The molecule has 1 aliphatic heterocycles. The Balaban J connectivity index is 2.42. The highest BCUT2D eigenvalue weighted by atomic mass is 16.2. The zero-order valence-electron chi connectivity index (χ0n) is 7.90. The Kier molecular flexibility index (Phi) is 2.30. The van der Waals surface area contributed by atoms with Crippen LogP contribution in [0.4, 0.5) is 17.5 Å². The number of aromatic amines is 1. The Morgan fingerprint density at radius 3 is 3.20 bits per heavy atom. The van der Waals surface area contributed by atoms with Crippen LogP contribution in [0, 0.1) is 0 Å². The van der Waals surface area contributed by atoms with E-state index in [0.29, 0.717) is 18.2 Å². The van der Waals surface area contributed by atoms with E-state index < -0.39 is 0 Å². The molecule has 0 amide bonds. The maximum absolute atomic E-state index is 11.4. The first-order chi connectivity index (χ1) is 7.22. The smallest absolute Gasteiger partial charge is 0.277 e. The normalized spacial score (nSPS) is 14.3. The van der Waals surface area contributed by atoms with E-state index in [4.69, 9.17) is 10.8 Å². The fraction of sp³-hybridized carbons (Fsp3) is 0.250. The molecule has 2 rings (SSSR count). The molecule has 0 aliphatic carbocycles. The molecule has 0 spiro atoms. The number of hydrogen-bond acceptors (Lipinski definition) is 6. The standard InChI is InChI=1S/C8H11N5O2/c9-8-11-6-5(7(15)12-8)10-4-13(6)2-1-3-14/h1-2,10,14H,3-4H2,(H3,9,11,12,15). The van der Waals surface area contributed by atoms with Gasteiger partial charge in [-0.1, -0.05) is 0 Å². The van der Waals surface area contributed by atoms with E-state index in [1.165, 1.54) is 0 Å². The Morgan fingerprint density at radius 1 is 1.67 bits per heavy atom. The van der Waals surface area contributed by atoms with Crippen LogP contribution in [0.1, 0.15) is 0 Å². The van der Waals surface area contributed by atoms with Gasteiger partial charge >= 0.3 is 0 Å². The van der Waals surface area contributed by atoms with Crippen molar-refractivity contribution in [2.75, 3.05) is 29.2 Å². The van der Waals surface area contributed by atoms with Crippen molar-refractivity contribution in [1.82, 2.24) is 9.97 Å². The van der Waals surface area contributed by atoms with E-state index in [0.717, 1.165) is 0 Å². The van der Waals surface area contributed by atoms with Gasteiger partial charge in [-0.2, -0.15) is 4.98 Å². The van der Waals surface area contributed by atoms with Gasteiger partial charge in [0.25, 0.3) is 5.56 Å². The summed E-state index contributed by atoms with van der Waals surface area (Å²) in [6.07, 6.45) is 3.19. The van der Waals surface area contributed by atoms with Gasteiger partial charge in [-0.3, -0.25) is 9.78 Å². The zero-order valence-corrected chi connectivity index (χ0v) is 7.90. The van der Waals surface area contributed by atoms with Crippen molar-refractivity contribution in [2.45, 2.75) is 0 Å². The van der Waals surface area contributed by atoms with Crippen LogP contribution < -0.4 is 21.5 Å². The van der Waals surface area contributed by atoms with Crippen LogP contribution in [-0.4, -0.2) is 28.4 Å². The highest BCUT2D eigenvalue weighted by Crippen LogP contribution is 2.25. The van der Waals surface area contributed by atoms with Crippen molar-refractivity contribution < 1.29 is 5.11 Å². The molecule has 0 saturated carbocycles. The van der Waals surface area contributed by atoms with Crippen LogP contribution >= 0.6 is 0 Å². The average molecular weight is 209 g/mol. The fourth-order valence-corrected chi connectivity index (χ4v) is 1.38. The number of nitrogens with one attached hydrogen (secondary N) is 2. The van der Waals surface area contributed by atoms with E-state index in [2.05, 4.69) is 15.3 Å². The number of fused-ring (bicyclic) bond motifs is 1. The molecule has 1 aliphatic rings. The van der Waals surface area contributed by atoms with E-state index >= 15 is 0 Å². The minimum absolute atomic E-state index is 0.0650. The zero-order chi connectivity index (χ0) is 10.8. The van der Waals surface area contributed by atoms with Gasteiger partial charge in [0.2, 0.25) is 5.95 Å². The first-order valence-electron chi connectivity index (χ1n) is 4.40. The summed E-state index contributed by atoms with van der Waals surface area (Å²) in [6, 6.07) is 0. The number of aliphatic hydroxyl groups excluding tert-OH is 1. The number of nitrogens with two attached hydrogens (primary N) is 1. The number of nitrogens with zero attached hydrogens (tertiary/aromatic N) is 2. The summed E-state index contributed by atoms with van der Waals surface area (Å²) >= 11 is 0. The maximum atomic E-state index is 11.4. The summed E-state index contributed by atoms with van der Waals surface area (Å²) in [6.45, 7) is 0.371. The number of aromatic nitrogens is 2. The lowest BCUT2D eigenvalue weighted by Gasteiger charge is -2.10. The Morgan fingerprint density at radius 2 is 2.47 bits per heavy atom. The first-order valence-corrected chi connectivity index (χ1v) is 4.40. The lowest BCUT2D eigenvalue weighted by Crippen LogP contribution is -2.16. The highest BCUT2D eigenvalue weighted by Gasteiger charge is 2.21. The van der Waals surface area contributed by atoms with E-state index in [1.54, 1.807) is 17.2 Å². The van der Waals surface area contributed by atoms with Gasteiger partial charge in [0.1, 0.15) is 5.69 Å². The first kappa shape index (κ1) is 9.53. The molecule has 0 fully saturated rings. The number of nitrogen functional groups attached to an aromatic ring is 1. The number of H-pyrrole nitrogens is 1. The fourth-order valence-electron chi connectivity index (χ4n) is 1.38. The summed E-state index contributed by atoms with van der Waals surface area (Å²) < 4.78 is 0. The van der Waals surface area contributed by atoms with Gasteiger partial charge in [0, 0.05) is 6.20 Å². The van der Waals surface area contributed by atoms with E-state index in [-0.39, 0.29) is 18.1 Å². The lowest BCUT2D eigenvalue weighted by atomic mass is 10.4. The third-order valence-corrected chi connectivity index (χ3v) is 2.01. The predicted molar refractivity (Wildman–Crippen MR) is 56.5 cm³/mol. The highest BCUT2D eigenvalue weighted by molar-refractivity contribution is 5.71. The topological polar surface area (TPSA) is 107 Å². The third-order valence-electron chi connectivity index (χ3n) is 2.01. The van der Waals surface area contributed by atoms with Gasteiger partial charge < -0.3 is 21.1 Å². The second-order valence-electron chi connectivity index (χ2n) is 3.02. The SMILES string of the molecule is Nc1nc2c(c(=O)[nH]1)NCN2C=CCO. The number of aliphatic hydroxyl groups is 1. The second kappa shape index (κ2) is 3.62. The van der Waals surface area contributed by atoms with Crippen LogP contribution in [0.25, 0.3) is 0 Å². The summed E-state index contributed by atoms with van der Waals surface area (Å²) in [5.74, 6) is 0.547. The van der Waals surface area contributed by atoms with Crippen molar-refractivity contribution in [2.24, 2.45) is 0 Å². The molecule has 1 aromatic heterocycles. The Hall–Kier alpha value is -2.02. The summed E-state index contributed by atoms with van der Waals surface area (Å²) in [4.78, 5) is 19.5. The minimum Gasteiger partial charge on any atom is -0.392 e. The third kappa shape index (κ3) is 1.64. The summed E-state index contributed by atoms with van der Waals surface area (Å²) in [5.41, 5.74) is 5.53. The molecule has 1 aromatic rings. The second-order valence-corrected chi connectivity index (χ2v) is 3.02. The van der Waals surface area contributed by atoms with E-state index in [9.17, 15) is 4.79 Å². The number of hydrogen-bond donors (Lipinski definition) is 4. The van der Waals surface area contributed by atoms with Gasteiger partial charge in [0.15, 0.2) is 5.82 Å². The van der Waals surface area contributed by atoms with Crippen LogP contribution in [0.2, 0.25) is 0 Å². The molecule has 0 aromatic carbocycles. The Bertz CT molecular complexity index is 453. The lowest BCUT2D eigenvalue weighted by molar-refractivity contribution is 0.342. The van der Waals surface area contributed by atoms with Crippen molar-refractivity contribution in [3.8, 4) is 0 Å². The van der Waals surface area contributed by atoms with Crippen molar-refractivity contribution in [1.29, 1.82) is 0 Å².